The van der Waals surface area contributed by atoms with E-state index in [1.165, 1.54) is 0 Å². The topological polar surface area (TPSA) is 67.8 Å². The molecule has 1 aromatic carbocycles. The second-order valence-electron chi connectivity index (χ2n) is 4.60. The normalized spacial score (nSPS) is 17.7. The average molecular weight is 289 g/mol. The highest BCUT2D eigenvalue weighted by molar-refractivity contribution is 5.96. The molecule has 1 atom stereocenters. The highest BCUT2D eigenvalue weighted by Crippen LogP contribution is 2.08. The third-order valence-corrected chi connectivity index (χ3v) is 3.01. The van der Waals surface area contributed by atoms with E-state index in [0.717, 1.165) is 0 Å². The van der Waals surface area contributed by atoms with Gasteiger partial charge in [0.15, 0.2) is 0 Å². The van der Waals surface area contributed by atoms with Crippen LogP contribution in [0.1, 0.15) is 22.3 Å². The molecule has 1 heterocycles. The molecule has 21 heavy (non-hydrogen) atoms. The molecule has 0 aliphatic carbocycles. The van der Waals surface area contributed by atoms with Crippen LogP contribution in [0, 0.1) is 11.8 Å². The Hall–Kier alpha value is -1.87. The van der Waals surface area contributed by atoms with E-state index in [1.807, 2.05) is 6.07 Å². The average Bonchev–Trinajstić information content (AvgIpc) is 2.54. The highest BCUT2D eigenvalue weighted by atomic mass is 16.6. The van der Waals surface area contributed by atoms with Crippen LogP contribution in [0.25, 0.3) is 0 Å². The number of rotatable bonds is 4. The van der Waals surface area contributed by atoms with E-state index in [2.05, 4.69) is 17.2 Å². The van der Waals surface area contributed by atoms with Crippen LogP contribution in [0.4, 0.5) is 0 Å². The van der Waals surface area contributed by atoms with E-state index in [4.69, 9.17) is 14.6 Å². The fourth-order valence-electron chi connectivity index (χ4n) is 1.96. The van der Waals surface area contributed by atoms with Gasteiger partial charge in [0.25, 0.3) is 5.91 Å². The Morgan fingerprint density at radius 1 is 1.38 bits per heavy atom. The Balaban J connectivity index is 1.96. The summed E-state index contributed by atoms with van der Waals surface area (Å²) in [6.07, 6.45) is 0.291. The predicted molar refractivity (Wildman–Crippen MR) is 77.9 cm³/mol. The van der Waals surface area contributed by atoms with Crippen molar-refractivity contribution in [3.8, 4) is 11.8 Å². The molecule has 112 valence electrons. The minimum absolute atomic E-state index is 0.0143. The highest BCUT2D eigenvalue weighted by Gasteiger charge is 2.16. The van der Waals surface area contributed by atoms with Crippen LogP contribution in [0.5, 0.6) is 0 Å². The number of hydrogen-bond donors (Lipinski definition) is 2. The van der Waals surface area contributed by atoms with Crippen LogP contribution in [-0.2, 0) is 9.47 Å². The minimum Gasteiger partial charge on any atom is -0.395 e. The van der Waals surface area contributed by atoms with Crippen molar-refractivity contribution in [3.63, 3.8) is 0 Å². The molecule has 1 aliphatic heterocycles. The lowest BCUT2D eigenvalue weighted by Crippen LogP contribution is -2.39. The summed E-state index contributed by atoms with van der Waals surface area (Å²) in [4.78, 5) is 12.2. The molecule has 2 rings (SSSR count). The molecule has 1 saturated heterocycles. The van der Waals surface area contributed by atoms with Crippen molar-refractivity contribution in [1.82, 2.24) is 5.32 Å². The molecule has 0 radical (unpaired) electrons. The summed E-state index contributed by atoms with van der Waals surface area (Å²) in [7, 11) is 0. The Labute approximate surface area is 124 Å². The summed E-state index contributed by atoms with van der Waals surface area (Å²) in [5.74, 6) is 5.55. The summed E-state index contributed by atoms with van der Waals surface area (Å²) < 4.78 is 10.8. The number of carbonyl (C=O) groups excluding carboxylic acids is 1. The predicted octanol–water partition coefficient (Wildman–Crippen LogP) is 0.566. The summed E-state index contributed by atoms with van der Waals surface area (Å²) in [5.41, 5.74) is 1.18. The first-order valence-corrected chi connectivity index (χ1v) is 6.97. The molecule has 2 N–H and O–H groups in total. The van der Waals surface area contributed by atoms with Gasteiger partial charge in [0.1, 0.15) is 0 Å². The quantitative estimate of drug-likeness (QED) is 0.795. The van der Waals surface area contributed by atoms with Gasteiger partial charge in [0.2, 0.25) is 0 Å². The zero-order valence-corrected chi connectivity index (χ0v) is 11.8. The SMILES string of the molecule is O=C(NCC1COCCO1)c1ccccc1C#CCCO. The summed E-state index contributed by atoms with van der Waals surface area (Å²) >= 11 is 0. The van der Waals surface area contributed by atoms with E-state index >= 15 is 0 Å². The Bertz CT molecular complexity index is 527. The van der Waals surface area contributed by atoms with Crippen LogP contribution >= 0.6 is 0 Å². The van der Waals surface area contributed by atoms with Crippen molar-refractivity contribution in [2.75, 3.05) is 33.0 Å². The summed E-state index contributed by atoms with van der Waals surface area (Å²) in [6, 6.07) is 7.15. The van der Waals surface area contributed by atoms with Crippen molar-refractivity contribution >= 4 is 5.91 Å². The summed E-state index contributed by atoms with van der Waals surface area (Å²) in [5, 5.41) is 11.6. The number of aliphatic hydroxyl groups excluding tert-OH is 1. The standard InChI is InChI=1S/C16H19NO4/c18-8-4-3-6-13-5-1-2-7-15(13)16(19)17-11-14-12-20-9-10-21-14/h1-2,5,7,14,18H,4,8-12H2,(H,17,19). The second-order valence-corrected chi connectivity index (χ2v) is 4.60. The van der Waals surface area contributed by atoms with Gasteiger partial charge >= 0.3 is 0 Å². The van der Waals surface area contributed by atoms with Gasteiger partial charge in [-0.05, 0) is 12.1 Å². The van der Waals surface area contributed by atoms with E-state index in [0.29, 0.717) is 43.9 Å². The smallest absolute Gasteiger partial charge is 0.252 e. The lowest BCUT2D eigenvalue weighted by Gasteiger charge is -2.23. The lowest BCUT2D eigenvalue weighted by molar-refractivity contribution is -0.0855. The van der Waals surface area contributed by atoms with Gasteiger partial charge in [-0.1, -0.05) is 24.0 Å². The number of ether oxygens (including phenoxy) is 2. The van der Waals surface area contributed by atoms with Crippen LogP contribution in [0.15, 0.2) is 24.3 Å². The number of nitrogens with one attached hydrogen (secondary N) is 1. The number of benzene rings is 1. The maximum absolute atomic E-state index is 12.2. The Kier molecular flexibility index (Phi) is 6.22. The summed E-state index contributed by atoms with van der Waals surface area (Å²) in [6.45, 7) is 2.09. The first-order chi connectivity index (χ1) is 10.3. The molecule has 1 aliphatic rings. The molecule has 1 aromatic rings. The molecule has 1 fully saturated rings. The minimum atomic E-state index is -0.182. The van der Waals surface area contributed by atoms with Crippen molar-refractivity contribution in [2.24, 2.45) is 0 Å². The van der Waals surface area contributed by atoms with Crippen LogP contribution in [0.3, 0.4) is 0 Å². The van der Waals surface area contributed by atoms with Gasteiger partial charge in [0.05, 0.1) is 38.1 Å². The molecule has 0 aromatic heterocycles. The fraction of sp³-hybridized carbons (Fsp3) is 0.438. The fourth-order valence-corrected chi connectivity index (χ4v) is 1.96. The Morgan fingerprint density at radius 3 is 3.00 bits per heavy atom. The maximum Gasteiger partial charge on any atom is 0.252 e. The van der Waals surface area contributed by atoms with Crippen molar-refractivity contribution in [1.29, 1.82) is 0 Å². The number of aliphatic hydroxyl groups is 1. The maximum atomic E-state index is 12.2. The number of hydrogen-bond acceptors (Lipinski definition) is 4. The molecule has 5 heteroatoms. The number of amides is 1. The van der Waals surface area contributed by atoms with Gasteiger partial charge in [-0.3, -0.25) is 4.79 Å². The third-order valence-electron chi connectivity index (χ3n) is 3.01. The van der Waals surface area contributed by atoms with Crippen LogP contribution in [-0.4, -0.2) is 50.1 Å². The largest absolute Gasteiger partial charge is 0.395 e. The van der Waals surface area contributed by atoms with Crippen molar-refractivity contribution < 1.29 is 19.4 Å². The zero-order valence-electron chi connectivity index (χ0n) is 11.8. The van der Waals surface area contributed by atoms with Crippen molar-refractivity contribution in [2.45, 2.75) is 12.5 Å². The molecule has 0 bridgehead atoms. The molecular weight excluding hydrogens is 270 g/mol. The Morgan fingerprint density at radius 2 is 2.24 bits per heavy atom. The lowest BCUT2D eigenvalue weighted by atomic mass is 10.1. The molecular formula is C16H19NO4. The third kappa shape index (κ3) is 4.87. The van der Waals surface area contributed by atoms with Crippen LogP contribution in [0.2, 0.25) is 0 Å². The van der Waals surface area contributed by atoms with E-state index in [-0.39, 0.29) is 18.6 Å². The molecule has 0 saturated carbocycles. The van der Waals surface area contributed by atoms with Gasteiger partial charge in [-0.15, -0.1) is 0 Å². The second kappa shape index (κ2) is 8.42. The number of carbonyl (C=O) groups is 1. The zero-order chi connectivity index (χ0) is 14.9. The molecule has 1 amide bonds. The molecule has 5 nitrogen and oxygen atoms in total. The molecule has 0 spiro atoms. The van der Waals surface area contributed by atoms with Gasteiger partial charge in [0, 0.05) is 18.5 Å². The van der Waals surface area contributed by atoms with Gasteiger partial charge < -0.3 is 19.9 Å². The van der Waals surface area contributed by atoms with Crippen LogP contribution < -0.4 is 5.32 Å². The van der Waals surface area contributed by atoms with E-state index in [1.54, 1.807) is 18.2 Å². The molecule has 1 unspecified atom stereocenters. The van der Waals surface area contributed by atoms with E-state index < -0.39 is 0 Å². The van der Waals surface area contributed by atoms with Crippen molar-refractivity contribution in [3.05, 3.63) is 35.4 Å². The monoisotopic (exact) mass is 289 g/mol. The van der Waals surface area contributed by atoms with Gasteiger partial charge in [-0.2, -0.15) is 0 Å². The van der Waals surface area contributed by atoms with E-state index in [9.17, 15) is 4.79 Å². The first kappa shape index (κ1) is 15.5. The first-order valence-electron chi connectivity index (χ1n) is 6.97. The van der Waals surface area contributed by atoms with Gasteiger partial charge in [-0.25, -0.2) is 0 Å².